The van der Waals surface area contributed by atoms with Crippen LogP contribution in [0, 0.1) is 12.8 Å². The van der Waals surface area contributed by atoms with Crippen LogP contribution in [0.4, 0.5) is 4.79 Å². The van der Waals surface area contributed by atoms with Crippen LogP contribution >= 0.6 is 0 Å². The third-order valence-electron chi connectivity index (χ3n) is 5.38. The van der Waals surface area contributed by atoms with Crippen molar-refractivity contribution in [1.82, 2.24) is 25.0 Å². The molecule has 170 valence electrons. The van der Waals surface area contributed by atoms with E-state index in [1.165, 1.54) is 4.90 Å². The van der Waals surface area contributed by atoms with E-state index in [9.17, 15) is 14.4 Å². The van der Waals surface area contributed by atoms with E-state index in [1.807, 2.05) is 0 Å². The van der Waals surface area contributed by atoms with Gasteiger partial charge in [0.25, 0.3) is 6.47 Å². The van der Waals surface area contributed by atoms with Crippen LogP contribution in [0.1, 0.15) is 11.4 Å². The molecule has 3 saturated heterocycles. The summed E-state index contributed by atoms with van der Waals surface area (Å²) in [5, 5.41) is 14.4. The molecule has 13 nitrogen and oxygen atoms in total. The SMILES string of the molecule is Cc1nonc1CC(=O)N1C[C@H]2COC[C@@H]1CN(C(=O)CN1CCOC1=O)C2.O=CO. The number of ether oxygens (including phenoxy) is 2. The molecule has 2 bridgehead atoms. The van der Waals surface area contributed by atoms with E-state index in [0.29, 0.717) is 57.4 Å². The number of hydrogen-bond acceptors (Lipinski definition) is 9. The van der Waals surface area contributed by atoms with Crippen LogP contribution in [0.3, 0.4) is 0 Å². The second kappa shape index (κ2) is 10.2. The number of carboxylic acid groups (broad SMARTS) is 1. The number of aryl methyl sites for hydroxylation is 1. The molecule has 3 fully saturated rings. The van der Waals surface area contributed by atoms with Crippen molar-refractivity contribution in [3.05, 3.63) is 11.4 Å². The molecular weight excluding hydrogens is 414 g/mol. The van der Waals surface area contributed by atoms with Crippen molar-refractivity contribution >= 4 is 24.4 Å². The molecule has 4 rings (SSSR count). The Morgan fingerprint density at radius 2 is 1.97 bits per heavy atom. The highest BCUT2D eigenvalue weighted by Gasteiger charge is 2.38. The summed E-state index contributed by atoms with van der Waals surface area (Å²) in [7, 11) is 0. The van der Waals surface area contributed by atoms with Gasteiger partial charge in [0.1, 0.15) is 24.5 Å². The average Bonchev–Trinajstić information content (AvgIpc) is 3.17. The number of carbonyl (C=O) groups excluding carboxylic acids is 3. The van der Waals surface area contributed by atoms with Crippen LogP contribution in [0.5, 0.6) is 0 Å². The van der Waals surface area contributed by atoms with Crippen molar-refractivity contribution < 1.29 is 38.4 Å². The van der Waals surface area contributed by atoms with Gasteiger partial charge in [0, 0.05) is 25.6 Å². The highest BCUT2D eigenvalue weighted by atomic mass is 16.6. The van der Waals surface area contributed by atoms with Gasteiger partial charge in [-0.3, -0.25) is 19.3 Å². The molecule has 0 aromatic carbocycles. The maximum atomic E-state index is 12.9. The van der Waals surface area contributed by atoms with Gasteiger partial charge in [0.15, 0.2) is 0 Å². The summed E-state index contributed by atoms with van der Waals surface area (Å²) in [4.78, 5) is 50.6. The Morgan fingerprint density at radius 3 is 2.61 bits per heavy atom. The largest absolute Gasteiger partial charge is 0.483 e. The van der Waals surface area contributed by atoms with Gasteiger partial charge in [-0.2, -0.15) is 0 Å². The minimum atomic E-state index is -0.458. The van der Waals surface area contributed by atoms with Gasteiger partial charge in [0.2, 0.25) is 11.8 Å². The first-order valence-corrected chi connectivity index (χ1v) is 9.85. The van der Waals surface area contributed by atoms with E-state index >= 15 is 0 Å². The van der Waals surface area contributed by atoms with Crippen LogP contribution in [-0.4, -0.2) is 113 Å². The Kier molecular flexibility index (Phi) is 7.39. The van der Waals surface area contributed by atoms with Crippen molar-refractivity contribution in [2.45, 2.75) is 19.4 Å². The maximum Gasteiger partial charge on any atom is 0.410 e. The molecular formula is C18H25N5O8. The zero-order valence-corrected chi connectivity index (χ0v) is 17.1. The van der Waals surface area contributed by atoms with Crippen LogP contribution < -0.4 is 0 Å². The summed E-state index contributed by atoms with van der Waals surface area (Å²) in [5.41, 5.74) is 1.11. The molecule has 31 heavy (non-hydrogen) atoms. The number of fused-ring (bicyclic) bond motifs is 3. The summed E-state index contributed by atoms with van der Waals surface area (Å²) < 4.78 is 15.3. The monoisotopic (exact) mass is 439 g/mol. The minimum absolute atomic E-state index is 0.00309. The van der Waals surface area contributed by atoms with E-state index in [1.54, 1.807) is 16.7 Å². The van der Waals surface area contributed by atoms with Crippen LogP contribution in [0.2, 0.25) is 0 Å². The van der Waals surface area contributed by atoms with E-state index in [4.69, 9.17) is 19.4 Å². The predicted octanol–water partition coefficient (Wildman–Crippen LogP) is -1.24. The fourth-order valence-electron chi connectivity index (χ4n) is 3.84. The molecule has 1 aromatic heterocycles. The number of hydrogen-bond donors (Lipinski definition) is 1. The highest BCUT2D eigenvalue weighted by molar-refractivity contribution is 5.83. The highest BCUT2D eigenvalue weighted by Crippen LogP contribution is 2.21. The normalized spacial score (nSPS) is 22.9. The van der Waals surface area contributed by atoms with Gasteiger partial charge in [-0.25, -0.2) is 9.42 Å². The first-order valence-electron chi connectivity index (χ1n) is 9.85. The quantitative estimate of drug-likeness (QED) is 0.563. The molecule has 0 aliphatic carbocycles. The second-order valence-corrected chi connectivity index (χ2v) is 7.52. The molecule has 1 N–H and O–H groups in total. The minimum Gasteiger partial charge on any atom is -0.483 e. The number of rotatable bonds is 4. The number of amides is 3. The van der Waals surface area contributed by atoms with Crippen molar-refractivity contribution in [3.63, 3.8) is 0 Å². The molecule has 13 heteroatoms. The topological polar surface area (TPSA) is 156 Å². The molecule has 4 heterocycles. The zero-order valence-electron chi connectivity index (χ0n) is 17.1. The maximum absolute atomic E-state index is 12.9. The summed E-state index contributed by atoms with van der Waals surface area (Å²) >= 11 is 0. The van der Waals surface area contributed by atoms with Gasteiger partial charge in [0.05, 0.1) is 32.2 Å². The smallest absolute Gasteiger partial charge is 0.410 e. The summed E-state index contributed by atoms with van der Waals surface area (Å²) in [6, 6.07) is -0.241. The van der Waals surface area contributed by atoms with Gasteiger partial charge >= 0.3 is 6.09 Å². The lowest BCUT2D eigenvalue weighted by atomic mass is 10.1. The van der Waals surface area contributed by atoms with Crippen molar-refractivity contribution in [3.8, 4) is 0 Å². The van der Waals surface area contributed by atoms with Gasteiger partial charge in [-0.05, 0) is 6.92 Å². The standard InChI is InChI=1S/C17H23N5O6.CH2O2/c1-11-14(19-28-18-11)4-15(23)22-6-12-5-21(7-13(22)10-26-9-12)16(24)8-20-2-3-27-17(20)25;2-1-3/h12-13H,2-10H2,1H3;1H,(H,2,3)/t12-,13-;/m0./s1. The first-order chi connectivity index (χ1) is 14.9. The predicted molar refractivity (Wildman–Crippen MR) is 101 cm³/mol. The Bertz CT molecular complexity index is 815. The van der Waals surface area contributed by atoms with Crippen LogP contribution in [0.25, 0.3) is 0 Å². The number of nitrogens with zero attached hydrogens (tertiary/aromatic N) is 5. The molecule has 0 saturated carbocycles. The Balaban J connectivity index is 0.000000858. The van der Waals surface area contributed by atoms with Crippen molar-refractivity contribution in [2.24, 2.45) is 5.92 Å². The molecule has 0 radical (unpaired) electrons. The van der Waals surface area contributed by atoms with E-state index in [-0.39, 0.29) is 43.2 Å². The van der Waals surface area contributed by atoms with Crippen LogP contribution in [-0.2, 0) is 30.3 Å². The molecule has 3 aliphatic heterocycles. The Morgan fingerprint density at radius 1 is 1.19 bits per heavy atom. The third kappa shape index (κ3) is 5.48. The number of cyclic esters (lactones) is 1. The summed E-state index contributed by atoms with van der Waals surface area (Å²) in [5.74, 6) is -0.208. The Hall–Kier alpha value is -3.22. The summed E-state index contributed by atoms with van der Waals surface area (Å²) in [6.45, 7) is 4.46. The van der Waals surface area contributed by atoms with E-state index in [0.717, 1.165) is 0 Å². The van der Waals surface area contributed by atoms with Crippen molar-refractivity contribution in [1.29, 1.82) is 0 Å². The second-order valence-electron chi connectivity index (χ2n) is 7.52. The lowest BCUT2D eigenvalue weighted by molar-refractivity contribution is -0.137. The van der Waals surface area contributed by atoms with Crippen LogP contribution in [0.15, 0.2) is 4.63 Å². The summed E-state index contributed by atoms with van der Waals surface area (Å²) in [6.07, 6.45) is -0.355. The number of carbonyl (C=O) groups is 4. The lowest BCUT2D eigenvalue weighted by Gasteiger charge is -2.31. The van der Waals surface area contributed by atoms with E-state index < -0.39 is 6.09 Å². The fraction of sp³-hybridized carbons (Fsp3) is 0.667. The molecule has 0 unspecified atom stereocenters. The molecule has 2 atom stereocenters. The van der Waals surface area contributed by atoms with Gasteiger partial charge in [-0.15, -0.1) is 0 Å². The average molecular weight is 439 g/mol. The first kappa shape index (κ1) is 22.5. The van der Waals surface area contributed by atoms with E-state index in [2.05, 4.69) is 14.9 Å². The molecule has 0 spiro atoms. The third-order valence-corrected chi connectivity index (χ3v) is 5.38. The lowest BCUT2D eigenvalue weighted by Crippen LogP contribution is -2.50. The molecule has 3 amide bonds. The Labute approximate surface area is 177 Å². The molecule has 3 aliphatic rings. The fourth-order valence-corrected chi connectivity index (χ4v) is 3.84. The van der Waals surface area contributed by atoms with Gasteiger partial charge in [-0.1, -0.05) is 10.3 Å². The van der Waals surface area contributed by atoms with Crippen molar-refractivity contribution in [2.75, 3.05) is 52.5 Å². The number of aromatic nitrogens is 2. The van der Waals surface area contributed by atoms with Gasteiger partial charge < -0.3 is 24.4 Å². The molecule has 1 aromatic rings. The zero-order chi connectivity index (χ0) is 22.4.